The zero-order chi connectivity index (χ0) is 23.5. The van der Waals surface area contributed by atoms with E-state index < -0.39 is 0 Å². The number of benzene rings is 2. The van der Waals surface area contributed by atoms with Gasteiger partial charge in [0, 0.05) is 43.2 Å². The molecule has 5 rings (SSSR count). The van der Waals surface area contributed by atoms with Crippen molar-refractivity contribution < 1.29 is 14.0 Å². The van der Waals surface area contributed by atoms with Crippen LogP contribution >= 0.6 is 0 Å². The smallest absolute Gasteiger partial charge is 0.253 e. The molecule has 2 aromatic carbocycles. The third-order valence-corrected chi connectivity index (χ3v) is 7.50. The molecule has 1 aromatic heterocycles. The Hall–Kier alpha value is -3.15. The van der Waals surface area contributed by atoms with Crippen molar-refractivity contribution in [3.05, 3.63) is 54.1 Å². The van der Waals surface area contributed by atoms with Crippen molar-refractivity contribution >= 4 is 22.9 Å². The maximum Gasteiger partial charge on any atom is 0.253 e. The lowest BCUT2D eigenvalue weighted by molar-refractivity contribution is -0.137. The van der Waals surface area contributed by atoms with E-state index in [1.807, 2.05) is 47.4 Å². The van der Waals surface area contributed by atoms with Crippen LogP contribution in [0, 0.1) is 11.8 Å². The fourth-order valence-electron chi connectivity index (χ4n) is 5.33. The topological polar surface area (TPSA) is 66.7 Å². The molecule has 1 unspecified atom stereocenters. The van der Waals surface area contributed by atoms with Crippen LogP contribution in [-0.4, -0.2) is 52.8 Å². The maximum absolute atomic E-state index is 13.2. The van der Waals surface area contributed by atoms with Crippen LogP contribution in [0.5, 0.6) is 0 Å². The molecule has 1 atom stereocenters. The summed E-state index contributed by atoms with van der Waals surface area (Å²) in [5, 5.41) is 0. The van der Waals surface area contributed by atoms with Crippen LogP contribution in [0.1, 0.15) is 55.8 Å². The lowest BCUT2D eigenvalue weighted by atomic mass is 9.84. The Labute approximate surface area is 200 Å². The predicted octanol–water partition coefficient (Wildman–Crippen LogP) is 5.39. The van der Waals surface area contributed by atoms with Crippen molar-refractivity contribution in [2.75, 3.05) is 26.2 Å². The van der Waals surface area contributed by atoms with Crippen LogP contribution < -0.4 is 0 Å². The average Bonchev–Trinajstić information content (AvgIpc) is 3.13. The maximum atomic E-state index is 13.2. The molecule has 3 aromatic rings. The van der Waals surface area contributed by atoms with Gasteiger partial charge in [-0.15, -0.1) is 0 Å². The van der Waals surface area contributed by atoms with Crippen molar-refractivity contribution in [1.29, 1.82) is 0 Å². The van der Waals surface area contributed by atoms with Gasteiger partial charge in [-0.2, -0.15) is 0 Å². The van der Waals surface area contributed by atoms with Gasteiger partial charge >= 0.3 is 0 Å². The Morgan fingerprint density at radius 2 is 1.62 bits per heavy atom. The summed E-state index contributed by atoms with van der Waals surface area (Å²) < 4.78 is 5.95. The van der Waals surface area contributed by atoms with Crippen LogP contribution in [0.15, 0.2) is 52.9 Å². The SMILES string of the molecule is CC(C(=O)N1CCCCCC1)C1CCN(C(=O)c2ccc3nc(-c4ccccc4)oc3c2)CC1. The highest BCUT2D eigenvalue weighted by Gasteiger charge is 2.32. The first-order chi connectivity index (χ1) is 16.6. The molecule has 2 fully saturated rings. The fourth-order valence-corrected chi connectivity index (χ4v) is 5.33. The summed E-state index contributed by atoms with van der Waals surface area (Å²) in [4.78, 5) is 34.8. The molecular formula is C28H33N3O3. The van der Waals surface area contributed by atoms with Crippen molar-refractivity contribution in [2.45, 2.75) is 45.4 Å². The number of oxazole rings is 1. The molecule has 6 heteroatoms. The third-order valence-electron chi connectivity index (χ3n) is 7.50. The molecule has 0 saturated carbocycles. The van der Waals surface area contributed by atoms with Gasteiger partial charge in [0.05, 0.1) is 0 Å². The van der Waals surface area contributed by atoms with Gasteiger partial charge in [-0.05, 0) is 61.9 Å². The van der Waals surface area contributed by atoms with Crippen LogP contribution in [0.4, 0.5) is 0 Å². The highest BCUT2D eigenvalue weighted by atomic mass is 16.3. The molecular weight excluding hydrogens is 426 g/mol. The Morgan fingerprint density at radius 1 is 0.912 bits per heavy atom. The van der Waals surface area contributed by atoms with E-state index in [2.05, 4.69) is 16.8 Å². The first-order valence-corrected chi connectivity index (χ1v) is 12.6. The van der Waals surface area contributed by atoms with Crippen LogP contribution in [-0.2, 0) is 4.79 Å². The van der Waals surface area contributed by atoms with Gasteiger partial charge in [0.25, 0.3) is 5.91 Å². The molecule has 3 heterocycles. The van der Waals surface area contributed by atoms with Crippen molar-refractivity contribution in [2.24, 2.45) is 11.8 Å². The molecule has 34 heavy (non-hydrogen) atoms. The van der Waals surface area contributed by atoms with E-state index in [-0.39, 0.29) is 11.8 Å². The van der Waals surface area contributed by atoms with E-state index in [0.717, 1.165) is 49.9 Å². The van der Waals surface area contributed by atoms with Crippen LogP contribution in [0.3, 0.4) is 0 Å². The molecule has 6 nitrogen and oxygen atoms in total. The summed E-state index contributed by atoms with van der Waals surface area (Å²) in [5.41, 5.74) is 2.90. The van der Waals surface area contributed by atoms with Crippen molar-refractivity contribution in [3.8, 4) is 11.5 Å². The predicted molar refractivity (Wildman–Crippen MR) is 132 cm³/mol. The first kappa shape index (κ1) is 22.6. The molecule has 0 bridgehead atoms. The normalized spacial score (nSPS) is 18.6. The Balaban J connectivity index is 1.22. The fraction of sp³-hybridized carbons (Fsp3) is 0.464. The zero-order valence-electron chi connectivity index (χ0n) is 19.9. The van der Waals surface area contributed by atoms with E-state index in [4.69, 9.17) is 4.42 Å². The minimum atomic E-state index is 0.0181. The van der Waals surface area contributed by atoms with Gasteiger partial charge in [-0.1, -0.05) is 38.0 Å². The average molecular weight is 460 g/mol. The van der Waals surface area contributed by atoms with Crippen LogP contribution in [0.25, 0.3) is 22.6 Å². The quantitative estimate of drug-likeness (QED) is 0.525. The Kier molecular flexibility index (Phi) is 6.66. The minimum absolute atomic E-state index is 0.0181. The second-order valence-electron chi connectivity index (χ2n) is 9.73. The third kappa shape index (κ3) is 4.72. The van der Waals surface area contributed by atoms with Crippen LogP contribution in [0.2, 0.25) is 0 Å². The molecule has 0 aliphatic carbocycles. The lowest BCUT2D eigenvalue weighted by Crippen LogP contribution is -2.44. The number of nitrogens with zero attached hydrogens (tertiary/aromatic N) is 3. The summed E-state index contributed by atoms with van der Waals surface area (Å²) in [5.74, 6) is 1.24. The number of carbonyl (C=O) groups excluding carboxylic acids is 2. The molecule has 2 amide bonds. The second-order valence-corrected chi connectivity index (χ2v) is 9.73. The zero-order valence-corrected chi connectivity index (χ0v) is 19.9. The summed E-state index contributed by atoms with van der Waals surface area (Å²) in [6.07, 6.45) is 6.43. The number of fused-ring (bicyclic) bond motifs is 1. The number of hydrogen-bond donors (Lipinski definition) is 0. The molecule has 178 valence electrons. The monoisotopic (exact) mass is 459 g/mol. The highest BCUT2D eigenvalue weighted by molar-refractivity contribution is 5.97. The second kappa shape index (κ2) is 10.00. The largest absolute Gasteiger partial charge is 0.436 e. The van der Waals surface area contributed by atoms with E-state index >= 15 is 0 Å². The number of piperidine rings is 1. The molecule has 2 saturated heterocycles. The molecule has 2 aliphatic heterocycles. The van der Waals surface area contributed by atoms with Gasteiger partial charge in [-0.25, -0.2) is 4.98 Å². The van der Waals surface area contributed by atoms with E-state index in [0.29, 0.717) is 42.0 Å². The summed E-state index contributed by atoms with van der Waals surface area (Å²) in [7, 11) is 0. The number of aromatic nitrogens is 1. The van der Waals surface area contributed by atoms with E-state index in [1.165, 1.54) is 12.8 Å². The standard InChI is InChI=1S/C28H33N3O3/c1-20(27(32)30-15-7-2-3-8-16-30)21-13-17-31(18-14-21)28(33)23-11-12-24-25(19-23)34-26(29-24)22-9-5-4-6-10-22/h4-6,9-12,19-21H,2-3,7-8,13-18H2,1H3. The van der Waals surface area contributed by atoms with Gasteiger partial charge in [-0.3, -0.25) is 9.59 Å². The van der Waals surface area contributed by atoms with Crippen molar-refractivity contribution in [3.63, 3.8) is 0 Å². The number of rotatable bonds is 4. The summed E-state index contributed by atoms with van der Waals surface area (Å²) in [6.45, 7) is 5.25. The molecule has 0 N–H and O–H groups in total. The number of hydrogen-bond acceptors (Lipinski definition) is 4. The summed E-state index contributed by atoms with van der Waals surface area (Å²) in [6, 6.07) is 15.3. The van der Waals surface area contributed by atoms with Gasteiger partial charge in [0.2, 0.25) is 11.8 Å². The lowest BCUT2D eigenvalue weighted by Gasteiger charge is -2.36. The number of carbonyl (C=O) groups is 2. The van der Waals surface area contributed by atoms with Gasteiger partial charge < -0.3 is 14.2 Å². The molecule has 2 aliphatic rings. The molecule has 0 spiro atoms. The Morgan fingerprint density at radius 3 is 2.32 bits per heavy atom. The summed E-state index contributed by atoms with van der Waals surface area (Å²) >= 11 is 0. The van der Waals surface area contributed by atoms with Crippen molar-refractivity contribution in [1.82, 2.24) is 14.8 Å². The van der Waals surface area contributed by atoms with Gasteiger partial charge in [0.15, 0.2) is 5.58 Å². The first-order valence-electron chi connectivity index (χ1n) is 12.6. The van der Waals surface area contributed by atoms with Gasteiger partial charge in [0.1, 0.15) is 5.52 Å². The van der Waals surface area contributed by atoms with E-state index in [9.17, 15) is 9.59 Å². The Bertz CT molecular complexity index is 1140. The highest BCUT2D eigenvalue weighted by Crippen LogP contribution is 2.29. The molecule has 0 radical (unpaired) electrons. The van der Waals surface area contributed by atoms with E-state index in [1.54, 1.807) is 6.07 Å². The number of likely N-dealkylation sites (tertiary alicyclic amines) is 2. The minimum Gasteiger partial charge on any atom is -0.436 e. The number of amides is 2.